The Morgan fingerprint density at radius 2 is 2.00 bits per heavy atom. The molecule has 0 aromatic heterocycles. The van der Waals surface area contributed by atoms with E-state index in [9.17, 15) is 4.79 Å². The number of hydrogen-bond acceptors (Lipinski definition) is 3. The molecule has 1 aromatic rings. The summed E-state index contributed by atoms with van der Waals surface area (Å²) in [5.74, 6) is -0.0523. The third-order valence-electron chi connectivity index (χ3n) is 2.35. The van der Waals surface area contributed by atoms with Gasteiger partial charge in [-0.25, -0.2) is 0 Å². The van der Waals surface area contributed by atoms with Gasteiger partial charge in [-0.15, -0.1) is 12.4 Å². The summed E-state index contributed by atoms with van der Waals surface area (Å²) in [6, 6.07) is 7.39. The normalized spacial score (nSPS) is 11.5. The summed E-state index contributed by atoms with van der Waals surface area (Å²) in [7, 11) is 3.34. The van der Waals surface area contributed by atoms with Crippen LogP contribution in [0.3, 0.4) is 0 Å². The van der Waals surface area contributed by atoms with E-state index < -0.39 is 0 Å². The third-order valence-corrected chi connectivity index (χ3v) is 2.60. The van der Waals surface area contributed by atoms with Gasteiger partial charge in [0.15, 0.2) is 0 Å². The molecule has 1 atom stereocenters. The fraction of sp³-hybridized carbons (Fsp3) is 0.417. The van der Waals surface area contributed by atoms with E-state index in [0.717, 1.165) is 5.56 Å². The molecular weight excluding hydrogens is 275 g/mol. The molecule has 18 heavy (non-hydrogen) atoms. The number of amides is 1. The molecule has 1 aromatic carbocycles. The van der Waals surface area contributed by atoms with E-state index in [1.807, 2.05) is 12.1 Å². The predicted molar refractivity (Wildman–Crippen MR) is 75.4 cm³/mol. The molecule has 2 N–H and O–H groups in total. The second-order valence-electron chi connectivity index (χ2n) is 3.61. The van der Waals surface area contributed by atoms with Crippen molar-refractivity contribution in [3.05, 3.63) is 34.9 Å². The Hall–Kier alpha value is -0.810. The van der Waals surface area contributed by atoms with Crippen molar-refractivity contribution < 1.29 is 9.53 Å². The lowest BCUT2D eigenvalue weighted by Crippen LogP contribution is -2.35. The molecule has 0 spiro atoms. The summed E-state index contributed by atoms with van der Waals surface area (Å²) in [5, 5.41) is 6.26. The van der Waals surface area contributed by atoms with Crippen LogP contribution in [0.5, 0.6) is 0 Å². The molecule has 0 saturated carbocycles. The molecule has 0 aliphatic heterocycles. The highest BCUT2D eigenvalue weighted by atomic mass is 35.5. The fourth-order valence-electron chi connectivity index (χ4n) is 1.44. The van der Waals surface area contributed by atoms with Crippen molar-refractivity contribution in [3.8, 4) is 0 Å². The van der Waals surface area contributed by atoms with Crippen molar-refractivity contribution in [1.29, 1.82) is 0 Å². The second-order valence-corrected chi connectivity index (χ2v) is 4.05. The molecule has 0 heterocycles. The number of ether oxygens (including phenoxy) is 1. The van der Waals surface area contributed by atoms with Crippen molar-refractivity contribution >= 4 is 29.9 Å². The highest BCUT2D eigenvalue weighted by Crippen LogP contribution is 2.18. The summed E-state index contributed by atoms with van der Waals surface area (Å²) in [5.41, 5.74) is 0.988. The Morgan fingerprint density at radius 1 is 1.39 bits per heavy atom. The van der Waals surface area contributed by atoms with Crippen molar-refractivity contribution in [2.75, 3.05) is 27.2 Å². The first-order valence-electron chi connectivity index (χ1n) is 5.37. The lowest BCUT2D eigenvalue weighted by Gasteiger charge is -2.16. The summed E-state index contributed by atoms with van der Waals surface area (Å²) in [6.07, 6.45) is -0.159. The maximum absolute atomic E-state index is 11.3. The highest BCUT2D eigenvalue weighted by molar-refractivity contribution is 6.30. The van der Waals surface area contributed by atoms with Crippen molar-refractivity contribution in [1.82, 2.24) is 10.6 Å². The number of hydrogen-bond donors (Lipinski definition) is 2. The first-order chi connectivity index (χ1) is 8.17. The molecule has 4 nitrogen and oxygen atoms in total. The van der Waals surface area contributed by atoms with E-state index in [4.69, 9.17) is 16.3 Å². The number of nitrogens with one attached hydrogen (secondary N) is 2. The molecule has 102 valence electrons. The Kier molecular flexibility index (Phi) is 8.75. The molecule has 0 aliphatic carbocycles. The SMILES string of the molecule is CNCC(=O)NCC(OC)c1ccc(Cl)cc1.Cl. The largest absolute Gasteiger partial charge is 0.375 e. The molecule has 1 amide bonds. The van der Waals surface area contributed by atoms with Gasteiger partial charge in [-0.05, 0) is 24.7 Å². The predicted octanol–water partition coefficient (Wildman–Crippen LogP) is 1.78. The van der Waals surface area contributed by atoms with Gasteiger partial charge in [-0.2, -0.15) is 0 Å². The van der Waals surface area contributed by atoms with E-state index in [1.165, 1.54) is 0 Å². The van der Waals surface area contributed by atoms with Gasteiger partial charge < -0.3 is 15.4 Å². The smallest absolute Gasteiger partial charge is 0.234 e. The number of carbonyl (C=O) groups is 1. The molecular formula is C12H18Cl2N2O2. The van der Waals surface area contributed by atoms with Crippen LogP contribution in [0.1, 0.15) is 11.7 Å². The quantitative estimate of drug-likeness (QED) is 0.840. The van der Waals surface area contributed by atoms with Crippen molar-refractivity contribution in [2.24, 2.45) is 0 Å². The number of carbonyl (C=O) groups excluding carboxylic acids is 1. The zero-order valence-electron chi connectivity index (χ0n) is 10.4. The summed E-state index contributed by atoms with van der Waals surface area (Å²) in [4.78, 5) is 11.3. The third kappa shape index (κ3) is 5.69. The van der Waals surface area contributed by atoms with Gasteiger partial charge in [0.2, 0.25) is 5.91 Å². The van der Waals surface area contributed by atoms with Crippen LogP contribution in [0.15, 0.2) is 24.3 Å². The first-order valence-corrected chi connectivity index (χ1v) is 5.74. The Morgan fingerprint density at radius 3 is 2.50 bits per heavy atom. The zero-order chi connectivity index (χ0) is 12.7. The molecule has 0 fully saturated rings. The van der Waals surface area contributed by atoms with Gasteiger partial charge in [0.1, 0.15) is 0 Å². The van der Waals surface area contributed by atoms with Gasteiger partial charge in [0.05, 0.1) is 12.6 Å². The van der Waals surface area contributed by atoms with Crippen LogP contribution in [0.2, 0.25) is 5.02 Å². The number of methoxy groups -OCH3 is 1. The van der Waals surface area contributed by atoms with Crippen LogP contribution >= 0.6 is 24.0 Å². The minimum absolute atomic E-state index is 0. The van der Waals surface area contributed by atoms with Crippen LogP contribution in [0.4, 0.5) is 0 Å². The van der Waals surface area contributed by atoms with Crippen molar-refractivity contribution in [3.63, 3.8) is 0 Å². The van der Waals surface area contributed by atoms with Gasteiger partial charge in [-0.3, -0.25) is 4.79 Å². The monoisotopic (exact) mass is 292 g/mol. The Labute approximate surface area is 118 Å². The molecule has 0 aliphatic rings. The van der Waals surface area contributed by atoms with Crippen LogP contribution in [-0.4, -0.2) is 33.2 Å². The zero-order valence-corrected chi connectivity index (χ0v) is 12.0. The Balaban J connectivity index is 0.00000289. The lowest BCUT2D eigenvalue weighted by atomic mass is 10.1. The highest BCUT2D eigenvalue weighted by Gasteiger charge is 2.11. The van der Waals surface area contributed by atoms with E-state index in [2.05, 4.69) is 10.6 Å². The molecule has 0 radical (unpaired) electrons. The maximum Gasteiger partial charge on any atom is 0.234 e. The average Bonchev–Trinajstić information content (AvgIpc) is 2.32. The van der Waals surface area contributed by atoms with Crippen LogP contribution in [0.25, 0.3) is 0 Å². The first kappa shape index (κ1) is 17.2. The number of likely N-dealkylation sites (N-methyl/N-ethyl adjacent to an activating group) is 1. The fourth-order valence-corrected chi connectivity index (χ4v) is 1.57. The van der Waals surface area contributed by atoms with Gasteiger partial charge in [-0.1, -0.05) is 23.7 Å². The number of rotatable bonds is 6. The second kappa shape index (κ2) is 9.16. The summed E-state index contributed by atoms with van der Waals surface area (Å²) < 4.78 is 5.33. The molecule has 1 unspecified atom stereocenters. The lowest BCUT2D eigenvalue weighted by molar-refractivity contribution is -0.120. The van der Waals surface area contributed by atoms with E-state index >= 15 is 0 Å². The van der Waals surface area contributed by atoms with Crippen LogP contribution in [-0.2, 0) is 9.53 Å². The molecule has 0 saturated heterocycles. The van der Waals surface area contributed by atoms with E-state index in [0.29, 0.717) is 18.1 Å². The topological polar surface area (TPSA) is 50.4 Å². The van der Waals surface area contributed by atoms with Gasteiger partial charge >= 0.3 is 0 Å². The average molecular weight is 293 g/mol. The van der Waals surface area contributed by atoms with E-state index in [1.54, 1.807) is 26.3 Å². The summed E-state index contributed by atoms with van der Waals surface area (Å²) >= 11 is 5.81. The maximum atomic E-state index is 11.3. The Bertz CT molecular complexity index is 358. The minimum atomic E-state index is -0.159. The standard InChI is InChI=1S/C12H17ClN2O2.ClH/c1-14-8-12(16)15-7-11(17-2)9-3-5-10(13)6-4-9;/h3-6,11,14H,7-8H2,1-2H3,(H,15,16);1H. The molecule has 1 rings (SSSR count). The van der Waals surface area contributed by atoms with Crippen LogP contribution < -0.4 is 10.6 Å². The summed E-state index contributed by atoms with van der Waals surface area (Å²) in [6.45, 7) is 0.746. The molecule has 6 heteroatoms. The van der Waals surface area contributed by atoms with Crippen LogP contribution in [0, 0.1) is 0 Å². The van der Waals surface area contributed by atoms with Gasteiger partial charge in [0, 0.05) is 18.7 Å². The van der Waals surface area contributed by atoms with Gasteiger partial charge in [0.25, 0.3) is 0 Å². The van der Waals surface area contributed by atoms with Crippen molar-refractivity contribution in [2.45, 2.75) is 6.10 Å². The number of benzene rings is 1. The minimum Gasteiger partial charge on any atom is -0.375 e. The van der Waals surface area contributed by atoms with E-state index in [-0.39, 0.29) is 24.4 Å². The molecule has 0 bridgehead atoms. The number of halogens is 2.